The van der Waals surface area contributed by atoms with Gasteiger partial charge in [-0.1, -0.05) is 42.5 Å². The predicted octanol–water partition coefficient (Wildman–Crippen LogP) is 2.22. The first kappa shape index (κ1) is 23.6. The Morgan fingerprint density at radius 1 is 1.07 bits per heavy atom. The molecule has 0 saturated heterocycles. The predicted molar refractivity (Wildman–Crippen MR) is 119 cm³/mol. The molecule has 0 radical (unpaired) electrons. The lowest BCUT2D eigenvalue weighted by atomic mass is 10.2. The molecule has 0 bridgehead atoms. The van der Waals surface area contributed by atoms with E-state index in [2.05, 4.69) is 10.0 Å². The van der Waals surface area contributed by atoms with Crippen molar-refractivity contribution in [2.75, 3.05) is 33.8 Å². The largest absolute Gasteiger partial charge is 0.492 e. The van der Waals surface area contributed by atoms with E-state index >= 15 is 0 Å². The average molecular weight is 432 g/mol. The molecule has 0 aliphatic heterocycles. The van der Waals surface area contributed by atoms with Crippen molar-refractivity contribution in [3.05, 3.63) is 71.1 Å². The minimum Gasteiger partial charge on any atom is -0.492 e. The molecule has 0 aromatic heterocycles. The summed E-state index contributed by atoms with van der Waals surface area (Å²) in [6.07, 6.45) is 1.57. The molecule has 1 amide bonds. The number of amides is 1. The summed E-state index contributed by atoms with van der Waals surface area (Å²) >= 11 is 0. The second kappa shape index (κ2) is 12.1. The molecule has 0 aliphatic carbocycles. The van der Waals surface area contributed by atoms with Crippen molar-refractivity contribution < 1.29 is 17.9 Å². The third-order valence-corrected chi connectivity index (χ3v) is 5.22. The third kappa shape index (κ3) is 9.69. The van der Waals surface area contributed by atoms with Gasteiger partial charge in [-0.3, -0.25) is 4.79 Å². The number of carbonyl (C=O) groups is 1. The molecule has 0 heterocycles. The number of benzene rings is 2. The summed E-state index contributed by atoms with van der Waals surface area (Å²) in [4.78, 5) is 14.0. The molecule has 0 spiro atoms. The van der Waals surface area contributed by atoms with Crippen LogP contribution in [0.25, 0.3) is 6.08 Å². The monoisotopic (exact) mass is 431 g/mol. The lowest BCUT2D eigenvalue weighted by molar-refractivity contribution is -0.121. The fourth-order valence-electron chi connectivity index (χ4n) is 2.43. The molecular formula is C22H29N3O4S. The lowest BCUT2D eigenvalue weighted by Crippen LogP contribution is -2.29. The van der Waals surface area contributed by atoms with Gasteiger partial charge in [0.25, 0.3) is 0 Å². The highest BCUT2D eigenvalue weighted by molar-refractivity contribution is 7.92. The number of rotatable bonds is 12. The van der Waals surface area contributed by atoms with E-state index in [0.29, 0.717) is 13.2 Å². The summed E-state index contributed by atoms with van der Waals surface area (Å²) in [5.74, 6) is 0.556. The molecule has 2 aromatic carbocycles. The van der Waals surface area contributed by atoms with Gasteiger partial charge in [0.1, 0.15) is 12.4 Å². The maximum absolute atomic E-state index is 12.0. The molecule has 2 rings (SSSR count). The fourth-order valence-corrected chi connectivity index (χ4v) is 3.24. The van der Waals surface area contributed by atoms with E-state index in [-0.39, 0.29) is 18.9 Å². The molecule has 8 heteroatoms. The van der Waals surface area contributed by atoms with Crippen LogP contribution in [-0.2, 0) is 21.4 Å². The Morgan fingerprint density at radius 3 is 2.43 bits per heavy atom. The molecule has 2 N–H and O–H groups in total. The van der Waals surface area contributed by atoms with Crippen LogP contribution in [0.15, 0.2) is 60.0 Å². The molecule has 2 aromatic rings. The van der Waals surface area contributed by atoms with Crippen molar-refractivity contribution in [3.8, 4) is 5.75 Å². The van der Waals surface area contributed by atoms with Crippen molar-refractivity contribution in [3.63, 3.8) is 0 Å². The van der Waals surface area contributed by atoms with Crippen molar-refractivity contribution in [2.45, 2.75) is 13.0 Å². The van der Waals surface area contributed by atoms with Crippen LogP contribution in [0, 0.1) is 0 Å². The quantitative estimate of drug-likeness (QED) is 0.538. The topological polar surface area (TPSA) is 87.7 Å². The zero-order valence-corrected chi connectivity index (χ0v) is 18.2. The van der Waals surface area contributed by atoms with Crippen LogP contribution >= 0.6 is 0 Å². The van der Waals surface area contributed by atoms with Crippen LogP contribution in [0.5, 0.6) is 5.75 Å². The number of likely N-dealkylation sites (N-methyl/N-ethyl adjacent to an activating group) is 1. The van der Waals surface area contributed by atoms with Crippen molar-refractivity contribution >= 4 is 22.0 Å². The normalized spacial score (nSPS) is 11.7. The number of carbonyl (C=O) groups excluding carboxylic acids is 1. The van der Waals surface area contributed by atoms with Crippen LogP contribution in [-0.4, -0.2) is 53.0 Å². The first-order valence-electron chi connectivity index (χ1n) is 9.70. The smallest absolute Gasteiger partial charge is 0.233 e. The Kier molecular flexibility index (Phi) is 9.53. The standard InChI is InChI=1S/C22H29N3O4S/c1-25(2)15-16-29-21-10-8-20(9-11-21)18-23-22(26)12-14-24-30(27,28)17-13-19-6-4-3-5-7-19/h3-11,13,17,24H,12,14-16,18H2,1-2H3,(H,23,26). The minimum absolute atomic E-state index is 0.0337. The van der Waals surface area contributed by atoms with Crippen LogP contribution in [0.1, 0.15) is 17.5 Å². The molecule has 0 saturated carbocycles. The molecule has 0 unspecified atom stereocenters. The zero-order valence-electron chi connectivity index (χ0n) is 17.4. The van der Waals surface area contributed by atoms with Gasteiger partial charge in [-0.25, -0.2) is 13.1 Å². The van der Waals surface area contributed by atoms with Crippen LogP contribution < -0.4 is 14.8 Å². The first-order chi connectivity index (χ1) is 14.3. The zero-order chi connectivity index (χ0) is 21.8. The summed E-state index contributed by atoms with van der Waals surface area (Å²) < 4.78 is 32.0. The van der Waals surface area contributed by atoms with E-state index in [4.69, 9.17) is 4.74 Å². The second-order valence-corrected chi connectivity index (χ2v) is 8.63. The Hall–Kier alpha value is -2.68. The number of hydrogen-bond donors (Lipinski definition) is 2. The number of nitrogens with zero attached hydrogens (tertiary/aromatic N) is 1. The van der Waals surface area contributed by atoms with Crippen molar-refractivity contribution in [1.29, 1.82) is 0 Å². The van der Waals surface area contributed by atoms with Gasteiger partial charge in [-0.2, -0.15) is 0 Å². The highest BCUT2D eigenvalue weighted by Crippen LogP contribution is 2.12. The van der Waals surface area contributed by atoms with Gasteiger partial charge < -0.3 is 15.0 Å². The minimum atomic E-state index is -3.59. The van der Waals surface area contributed by atoms with E-state index < -0.39 is 10.0 Å². The van der Waals surface area contributed by atoms with E-state index in [9.17, 15) is 13.2 Å². The third-order valence-electron chi connectivity index (χ3n) is 4.11. The first-order valence-corrected chi connectivity index (χ1v) is 11.2. The summed E-state index contributed by atoms with van der Waals surface area (Å²) in [6, 6.07) is 16.6. The SMILES string of the molecule is CN(C)CCOc1ccc(CNC(=O)CCNS(=O)(=O)C=Cc2ccccc2)cc1. The average Bonchev–Trinajstić information content (AvgIpc) is 2.72. The van der Waals surface area contributed by atoms with E-state index in [1.165, 1.54) is 6.08 Å². The van der Waals surface area contributed by atoms with Crippen LogP contribution in [0.3, 0.4) is 0 Å². The van der Waals surface area contributed by atoms with Gasteiger partial charge in [0.2, 0.25) is 15.9 Å². The summed E-state index contributed by atoms with van der Waals surface area (Å²) in [5.41, 5.74) is 1.73. The van der Waals surface area contributed by atoms with Crippen LogP contribution in [0.2, 0.25) is 0 Å². The molecule has 7 nitrogen and oxygen atoms in total. The Labute approximate surface area is 178 Å². The molecule has 30 heavy (non-hydrogen) atoms. The highest BCUT2D eigenvalue weighted by atomic mass is 32.2. The number of sulfonamides is 1. The van der Waals surface area contributed by atoms with E-state index in [1.807, 2.05) is 73.6 Å². The lowest BCUT2D eigenvalue weighted by Gasteiger charge is -2.11. The summed E-state index contributed by atoms with van der Waals surface area (Å²) in [5, 5.41) is 3.88. The maximum Gasteiger partial charge on any atom is 0.233 e. The Balaban J connectivity index is 1.67. The maximum atomic E-state index is 12.0. The molecule has 0 fully saturated rings. The summed E-state index contributed by atoms with van der Waals surface area (Å²) in [6.45, 7) is 1.85. The van der Waals surface area contributed by atoms with Gasteiger partial charge >= 0.3 is 0 Å². The van der Waals surface area contributed by atoms with Gasteiger partial charge in [-0.05, 0) is 43.4 Å². The van der Waals surface area contributed by atoms with Gasteiger partial charge in [0.05, 0.1) is 0 Å². The fraction of sp³-hybridized carbons (Fsp3) is 0.318. The van der Waals surface area contributed by atoms with Gasteiger partial charge in [-0.15, -0.1) is 0 Å². The van der Waals surface area contributed by atoms with E-state index in [0.717, 1.165) is 28.8 Å². The van der Waals surface area contributed by atoms with Gasteiger partial charge in [0, 0.05) is 31.5 Å². The molecule has 0 atom stereocenters. The van der Waals surface area contributed by atoms with Crippen molar-refractivity contribution in [2.24, 2.45) is 0 Å². The van der Waals surface area contributed by atoms with Crippen LogP contribution in [0.4, 0.5) is 0 Å². The summed E-state index contributed by atoms with van der Waals surface area (Å²) in [7, 11) is 0.387. The number of hydrogen-bond acceptors (Lipinski definition) is 5. The Bertz CT molecular complexity index is 911. The van der Waals surface area contributed by atoms with E-state index in [1.54, 1.807) is 0 Å². The molecular weight excluding hydrogens is 402 g/mol. The van der Waals surface area contributed by atoms with Crippen molar-refractivity contribution in [1.82, 2.24) is 14.9 Å². The molecule has 0 aliphatic rings. The van der Waals surface area contributed by atoms with Gasteiger partial charge in [0.15, 0.2) is 0 Å². The second-order valence-electron chi connectivity index (χ2n) is 6.98. The Morgan fingerprint density at radius 2 is 1.77 bits per heavy atom. The number of nitrogens with one attached hydrogen (secondary N) is 2. The molecule has 162 valence electrons. The number of ether oxygens (including phenoxy) is 1. The highest BCUT2D eigenvalue weighted by Gasteiger charge is 2.07.